The van der Waals surface area contributed by atoms with E-state index in [1.165, 1.54) is 12.1 Å². The highest BCUT2D eigenvalue weighted by molar-refractivity contribution is 6.01. The van der Waals surface area contributed by atoms with E-state index in [9.17, 15) is 14.9 Å². The van der Waals surface area contributed by atoms with Crippen molar-refractivity contribution in [3.05, 3.63) is 99.2 Å². The van der Waals surface area contributed by atoms with Crippen molar-refractivity contribution in [3.63, 3.8) is 0 Å². The highest BCUT2D eigenvalue weighted by Gasteiger charge is 2.40. The SMILES string of the molecule is Cc1cccc(Oc2ccc([N+](=O)[O-])cc2[C@@H]2Nc3ccccc3NC3=C2C(=O)CC(C)(C)C3)c1. The maximum atomic E-state index is 13.6. The molecule has 0 aromatic heterocycles. The van der Waals surface area contributed by atoms with E-state index in [2.05, 4.69) is 24.5 Å². The highest BCUT2D eigenvalue weighted by Crippen LogP contribution is 2.47. The second kappa shape index (κ2) is 8.58. The lowest BCUT2D eigenvalue weighted by Crippen LogP contribution is -2.31. The lowest BCUT2D eigenvalue weighted by atomic mass is 9.73. The van der Waals surface area contributed by atoms with Crippen LogP contribution in [0.25, 0.3) is 0 Å². The molecule has 5 rings (SSSR count). The number of anilines is 2. The zero-order valence-corrected chi connectivity index (χ0v) is 19.9. The Kier molecular flexibility index (Phi) is 5.55. The average Bonchev–Trinajstić information content (AvgIpc) is 2.95. The molecule has 1 atom stereocenters. The van der Waals surface area contributed by atoms with Crippen LogP contribution in [0.15, 0.2) is 78.0 Å². The summed E-state index contributed by atoms with van der Waals surface area (Å²) in [7, 11) is 0. The summed E-state index contributed by atoms with van der Waals surface area (Å²) in [5.41, 5.74) is 4.42. The molecule has 0 bridgehead atoms. The van der Waals surface area contributed by atoms with Crippen molar-refractivity contribution >= 4 is 22.8 Å². The second-order valence-electron chi connectivity index (χ2n) is 9.98. The van der Waals surface area contributed by atoms with Gasteiger partial charge in [-0.1, -0.05) is 38.1 Å². The molecule has 0 spiro atoms. The molecule has 3 aromatic rings. The van der Waals surface area contributed by atoms with Gasteiger partial charge in [-0.15, -0.1) is 0 Å². The number of ether oxygens (including phenoxy) is 1. The summed E-state index contributed by atoms with van der Waals surface area (Å²) in [5, 5.41) is 18.7. The third-order valence-electron chi connectivity index (χ3n) is 6.45. The number of carbonyl (C=O) groups excluding carboxylic acids is 1. The molecule has 3 aromatic carbocycles. The van der Waals surface area contributed by atoms with E-state index in [1.54, 1.807) is 6.07 Å². The number of allylic oxidation sites excluding steroid dienone is 1. The quantitative estimate of drug-likeness (QED) is 0.318. The third kappa shape index (κ3) is 4.49. The fraction of sp³-hybridized carbons (Fsp3) is 0.250. The maximum Gasteiger partial charge on any atom is 0.270 e. The van der Waals surface area contributed by atoms with Gasteiger partial charge in [0.1, 0.15) is 11.5 Å². The van der Waals surface area contributed by atoms with Gasteiger partial charge < -0.3 is 15.4 Å². The smallest absolute Gasteiger partial charge is 0.270 e. The maximum absolute atomic E-state index is 13.6. The minimum atomic E-state index is -0.621. The fourth-order valence-electron chi connectivity index (χ4n) is 4.90. The number of fused-ring (bicyclic) bond motifs is 1. The van der Waals surface area contributed by atoms with Crippen LogP contribution in [0.1, 0.15) is 43.9 Å². The van der Waals surface area contributed by atoms with Crippen LogP contribution >= 0.6 is 0 Å². The van der Waals surface area contributed by atoms with Gasteiger partial charge >= 0.3 is 0 Å². The van der Waals surface area contributed by atoms with Crippen molar-refractivity contribution in [2.24, 2.45) is 5.41 Å². The van der Waals surface area contributed by atoms with Gasteiger partial charge in [-0.25, -0.2) is 0 Å². The minimum Gasteiger partial charge on any atom is -0.457 e. The van der Waals surface area contributed by atoms with Crippen LogP contribution in [-0.2, 0) is 4.79 Å². The normalized spacial score (nSPS) is 18.5. The molecule has 0 amide bonds. The van der Waals surface area contributed by atoms with Crippen LogP contribution in [0.2, 0.25) is 0 Å². The Labute approximate surface area is 204 Å². The van der Waals surface area contributed by atoms with E-state index < -0.39 is 11.0 Å². The molecular weight excluding hydrogens is 442 g/mol. The van der Waals surface area contributed by atoms with Crippen LogP contribution in [0.5, 0.6) is 11.5 Å². The van der Waals surface area contributed by atoms with E-state index in [1.807, 2.05) is 55.5 Å². The summed E-state index contributed by atoms with van der Waals surface area (Å²) in [6.07, 6.45) is 1.08. The van der Waals surface area contributed by atoms with Crippen molar-refractivity contribution in [3.8, 4) is 11.5 Å². The molecule has 35 heavy (non-hydrogen) atoms. The first-order valence-electron chi connectivity index (χ1n) is 11.6. The van der Waals surface area contributed by atoms with E-state index >= 15 is 0 Å². The van der Waals surface area contributed by atoms with Crippen LogP contribution in [0.4, 0.5) is 17.1 Å². The Hall–Kier alpha value is -4.13. The molecule has 0 fully saturated rings. The lowest BCUT2D eigenvalue weighted by molar-refractivity contribution is -0.384. The van der Waals surface area contributed by atoms with E-state index in [0.29, 0.717) is 35.5 Å². The molecule has 1 aliphatic heterocycles. The second-order valence-corrected chi connectivity index (χ2v) is 9.98. The predicted molar refractivity (Wildman–Crippen MR) is 136 cm³/mol. The fourth-order valence-corrected chi connectivity index (χ4v) is 4.90. The van der Waals surface area contributed by atoms with Gasteiger partial charge in [0, 0.05) is 35.4 Å². The molecule has 2 N–H and O–H groups in total. The van der Waals surface area contributed by atoms with Crippen LogP contribution in [0, 0.1) is 22.5 Å². The molecule has 1 aliphatic carbocycles. The molecular formula is C28H27N3O4. The van der Waals surface area contributed by atoms with Crippen LogP contribution in [0.3, 0.4) is 0 Å². The number of Topliss-reactive ketones (excluding diaryl/α,β-unsaturated/α-hetero) is 1. The van der Waals surface area contributed by atoms with Gasteiger partial charge in [0.25, 0.3) is 5.69 Å². The number of nitro benzene ring substituents is 1. The van der Waals surface area contributed by atoms with E-state index in [0.717, 1.165) is 22.6 Å². The topological polar surface area (TPSA) is 93.5 Å². The van der Waals surface area contributed by atoms with Crippen molar-refractivity contribution in [2.45, 2.75) is 39.7 Å². The third-order valence-corrected chi connectivity index (χ3v) is 6.45. The van der Waals surface area contributed by atoms with Gasteiger partial charge in [0.15, 0.2) is 5.78 Å². The Morgan fingerprint density at radius 1 is 1.00 bits per heavy atom. The van der Waals surface area contributed by atoms with Gasteiger partial charge in [0.2, 0.25) is 0 Å². The van der Waals surface area contributed by atoms with Crippen molar-refractivity contribution in [1.29, 1.82) is 0 Å². The van der Waals surface area contributed by atoms with Crippen LogP contribution in [-0.4, -0.2) is 10.7 Å². The molecule has 0 saturated carbocycles. The predicted octanol–water partition coefficient (Wildman–Crippen LogP) is 6.92. The van der Waals surface area contributed by atoms with Gasteiger partial charge in [-0.3, -0.25) is 14.9 Å². The number of aryl methyl sites for hydroxylation is 1. The van der Waals surface area contributed by atoms with Gasteiger partial charge in [-0.05, 0) is 54.7 Å². The monoisotopic (exact) mass is 469 g/mol. The Morgan fingerprint density at radius 2 is 1.77 bits per heavy atom. The highest BCUT2D eigenvalue weighted by atomic mass is 16.6. The van der Waals surface area contributed by atoms with Gasteiger partial charge in [-0.2, -0.15) is 0 Å². The van der Waals surface area contributed by atoms with Gasteiger partial charge in [0.05, 0.1) is 22.3 Å². The molecule has 2 aliphatic rings. The number of nitro groups is 1. The lowest BCUT2D eigenvalue weighted by Gasteiger charge is -2.34. The first kappa shape index (κ1) is 22.7. The number of nitrogens with one attached hydrogen (secondary N) is 2. The molecule has 7 heteroatoms. The average molecular weight is 470 g/mol. The molecule has 1 heterocycles. The first-order valence-corrected chi connectivity index (χ1v) is 11.6. The minimum absolute atomic E-state index is 0.0158. The Bertz CT molecular complexity index is 1380. The number of nitrogens with zero attached hydrogens (tertiary/aromatic N) is 1. The Balaban J connectivity index is 1.70. The molecule has 178 valence electrons. The van der Waals surface area contributed by atoms with Crippen molar-refractivity contribution < 1.29 is 14.5 Å². The number of hydrogen-bond acceptors (Lipinski definition) is 6. The van der Waals surface area contributed by atoms with Crippen LogP contribution < -0.4 is 15.4 Å². The summed E-state index contributed by atoms with van der Waals surface area (Å²) < 4.78 is 6.25. The van der Waals surface area contributed by atoms with Crippen molar-refractivity contribution in [2.75, 3.05) is 10.6 Å². The van der Waals surface area contributed by atoms with Crippen molar-refractivity contribution in [1.82, 2.24) is 0 Å². The summed E-state index contributed by atoms with van der Waals surface area (Å²) >= 11 is 0. The number of carbonyl (C=O) groups is 1. The number of non-ortho nitro benzene ring substituents is 1. The zero-order chi connectivity index (χ0) is 24.7. The molecule has 0 saturated heterocycles. The van der Waals surface area contributed by atoms with E-state index in [-0.39, 0.29) is 16.9 Å². The molecule has 0 unspecified atom stereocenters. The largest absolute Gasteiger partial charge is 0.457 e. The standard InChI is InChI=1S/C28H27N3O4/c1-17-7-6-8-19(13-17)35-25-12-11-18(31(33)34)14-20(25)27-26-23(15-28(2,3)16-24(26)32)29-21-9-4-5-10-22(21)30-27/h4-14,27,29-30H,15-16H2,1-3H3/t27-/m0/s1. The zero-order valence-electron chi connectivity index (χ0n) is 19.9. The van der Waals surface area contributed by atoms with E-state index in [4.69, 9.17) is 4.74 Å². The number of rotatable bonds is 4. The number of hydrogen-bond donors (Lipinski definition) is 2. The summed E-state index contributed by atoms with van der Waals surface area (Å²) in [4.78, 5) is 24.8. The number of benzene rings is 3. The number of ketones is 1. The first-order chi connectivity index (χ1) is 16.7. The Morgan fingerprint density at radius 3 is 2.51 bits per heavy atom. The summed E-state index contributed by atoms with van der Waals surface area (Å²) in [6.45, 7) is 6.13. The molecule has 7 nitrogen and oxygen atoms in total. The summed E-state index contributed by atoms with van der Waals surface area (Å²) in [6, 6.07) is 19.3. The summed E-state index contributed by atoms with van der Waals surface area (Å²) in [5.74, 6) is 1.10. The number of para-hydroxylation sites is 2. The molecule has 0 radical (unpaired) electrons.